The topological polar surface area (TPSA) is 69.9 Å². The van der Waals surface area contributed by atoms with Gasteiger partial charge in [0, 0.05) is 17.8 Å². The lowest BCUT2D eigenvalue weighted by Gasteiger charge is -2.01. The Morgan fingerprint density at radius 2 is 2.00 bits per heavy atom. The maximum atomic E-state index is 5.50. The number of rotatable bonds is 2. The molecule has 0 unspecified atom stereocenters. The first kappa shape index (κ1) is 10.6. The highest BCUT2D eigenvalue weighted by atomic mass is 16.5. The number of nitrogens with zero attached hydrogens (tertiary/aromatic N) is 3. The third-order valence-corrected chi connectivity index (χ3v) is 2.67. The molecule has 0 atom stereocenters. The minimum absolute atomic E-state index is 0.316. The van der Waals surface area contributed by atoms with Gasteiger partial charge in [0.1, 0.15) is 5.69 Å². The molecule has 2 heterocycles. The predicted molar refractivity (Wildman–Crippen MR) is 68.2 cm³/mol. The number of aromatic nitrogens is 3. The highest BCUT2D eigenvalue weighted by molar-refractivity contribution is 5.62. The fraction of sp³-hybridized carbons (Fsp3) is 0.0769. The van der Waals surface area contributed by atoms with Gasteiger partial charge >= 0.3 is 0 Å². The SMILES string of the molecule is Cc1cnn(-c2ccc(-c3cc(N)on3)cc2)c1. The van der Waals surface area contributed by atoms with E-state index in [4.69, 9.17) is 10.3 Å². The fourth-order valence-electron chi connectivity index (χ4n) is 1.76. The van der Waals surface area contributed by atoms with E-state index in [0.29, 0.717) is 5.88 Å². The van der Waals surface area contributed by atoms with Gasteiger partial charge in [0.05, 0.1) is 11.9 Å². The number of anilines is 1. The summed E-state index contributed by atoms with van der Waals surface area (Å²) in [6.07, 6.45) is 3.80. The van der Waals surface area contributed by atoms with E-state index < -0.39 is 0 Å². The standard InChI is InChI=1S/C13H12N4O/c1-9-7-15-17(8-9)11-4-2-10(3-5-11)12-6-13(14)18-16-12/h2-8H,14H2,1H3. The summed E-state index contributed by atoms with van der Waals surface area (Å²) in [5.41, 5.74) is 9.32. The van der Waals surface area contributed by atoms with Crippen molar-refractivity contribution in [2.45, 2.75) is 6.92 Å². The Morgan fingerprint density at radius 1 is 1.22 bits per heavy atom. The molecular formula is C13H12N4O. The molecule has 0 amide bonds. The molecule has 2 aromatic heterocycles. The van der Waals surface area contributed by atoms with E-state index in [-0.39, 0.29) is 0 Å². The van der Waals surface area contributed by atoms with Crippen molar-refractivity contribution in [1.82, 2.24) is 14.9 Å². The number of nitrogen functional groups attached to an aromatic ring is 1. The number of hydrogen-bond donors (Lipinski definition) is 1. The number of nitrogens with two attached hydrogens (primary N) is 1. The van der Waals surface area contributed by atoms with Crippen molar-refractivity contribution in [3.63, 3.8) is 0 Å². The number of hydrogen-bond acceptors (Lipinski definition) is 4. The van der Waals surface area contributed by atoms with Gasteiger partial charge in [-0.2, -0.15) is 5.10 Å². The van der Waals surface area contributed by atoms with Crippen LogP contribution in [0.4, 0.5) is 5.88 Å². The van der Waals surface area contributed by atoms with Gasteiger partial charge in [-0.1, -0.05) is 17.3 Å². The van der Waals surface area contributed by atoms with Gasteiger partial charge in [-0.05, 0) is 24.6 Å². The monoisotopic (exact) mass is 240 g/mol. The molecule has 1 aromatic carbocycles. The molecular weight excluding hydrogens is 228 g/mol. The van der Waals surface area contributed by atoms with Crippen LogP contribution in [0.25, 0.3) is 16.9 Å². The second kappa shape index (κ2) is 4.03. The Morgan fingerprint density at radius 3 is 2.56 bits per heavy atom. The van der Waals surface area contributed by atoms with Crippen molar-refractivity contribution in [3.05, 3.63) is 48.3 Å². The molecule has 0 fully saturated rings. The molecule has 0 saturated carbocycles. The lowest BCUT2D eigenvalue weighted by atomic mass is 10.1. The third kappa shape index (κ3) is 1.86. The van der Waals surface area contributed by atoms with Crippen LogP contribution >= 0.6 is 0 Å². The summed E-state index contributed by atoms with van der Waals surface area (Å²) in [6, 6.07) is 9.58. The zero-order valence-electron chi connectivity index (χ0n) is 9.87. The first-order chi connectivity index (χ1) is 8.72. The second-order valence-corrected chi connectivity index (χ2v) is 4.12. The van der Waals surface area contributed by atoms with E-state index in [1.54, 1.807) is 6.07 Å². The van der Waals surface area contributed by atoms with Crippen LogP contribution < -0.4 is 5.73 Å². The van der Waals surface area contributed by atoms with Gasteiger partial charge in [0.25, 0.3) is 0 Å². The molecule has 0 spiro atoms. The fourth-order valence-corrected chi connectivity index (χ4v) is 1.76. The van der Waals surface area contributed by atoms with Crippen LogP contribution in [0.1, 0.15) is 5.56 Å². The van der Waals surface area contributed by atoms with Crippen molar-refractivity contribution < 1.29 is 4.52 Å². The molecule has 0 bridgehead atoms. The Bertz CT molecular complexity index is 607. The summed E-state index contributed by atoms with van der Waals surface area (Å²) in [7, 11) is 0. The normalized spacial score (nSPS) is 10.7. The van der Waals surface area contributed by atoms with Crippen LogP contribution in [0.2, 0.25) is 0 Å². The molecule has 3 aromatic rings. The largest absolute Gasteiger partial charge is 0.368 e. The summed E-state index contributed by atoms with van der Waals surface area (Å²) in [5, 5.41) is 8.13. The molecule has 0 aliphatic heterocycles. The van der Waals surface area contributed by atoms with E-state index >= 15 is 0 Å². The van der Waals surface area contributed by atoms with E-state index in [0.717, 1.165) is 22.5 Å². The summed E-state index contributed by atoms with van der Waals surface area (Å²) >= 11 is 0. The van der Waals surface area contributed by atoms with E-state index in [2.05, 4.69) is 10.3 Å². The lowest BCUT2D eigenvalue weighted by Crippen LogP contribution is -1.93. The highest BCUT2D eigenvalue weighted by Crippen LogP contribution is 2.21. The van der Waals surface area contributed by atoms with Crippen molar-refractivity contribution in [3.8, 4) is 16.9 Å². The number of aryl methyl sites for hydroxylation is 1. The smallest absolute Gasteiger partial charge is 0.222 e. The summed E-state index contributed by atoms with van der Waals surface area (Å²) < 4.78 is 6.68. The molecule has 5 heteroatoms. The molecule has 0 saturated heterocycles. The molecule has 2 N–H and O–H groups in total. The first-order valence-corrected chi connectivity index (χ1v) is 5.57. The molecule has 0 aliphatic carbocycles. The molecule has 3 rings (SSSR count). The van der Waals surface area contributed by atoms with Crippen LogP contribution in [0, 0.1) is 6.92 Å². The predicted octanol–water partition coefficient (Wildman–Crippen LogP) is 2.42. The van der Waals surface area contributed by atoms with Crippen molar-refractivity contribution in [2.75, 3.05) is 5.73 Å². The van der Waals surface area contributed by atoms with Gasteiger partial charge in [-0.3, -0.25) is 0 Å². The Labute approximate surface area is 104 Å². The van der Waals surface area contributed by atoms with E-state index in [9.17, 15) is 0 Å². The summed E-state index contributed by atoms with van der Waals surface area (Å²) in [4.78, 5) is 0. The van der Waals surface area contributed by atoms with E-state index in [1.807, 2.05) is 48.3 Å². The molecule has 18 heavy (non-hydrogen) atoms. The minimum Gasteiger partial charge on any atom is -0.368 e. The van der Waals surface area contributed by atoms with Crippen LogP contribution in [-0.2, 0) is 0 Å². The van der Waals surface area contributed by atoms with Crippen molar-refractivity contribution >= 4 is 5.88 Å². The van der Waals surface area contributed by atoms with Crippen molar-refractivity contribution in [1.29, 1.82) is 0 Å². The van der Waals surface area contributed by atoms with Gasteiger partial charge in [-0.15, -0.1) is 0 Å². The second-order valence-electron chi connectivity index (χ2n) is 4.12. The summed E-state index contributed by atoms with van der Waals surface area (Å²) in [6.45, 7) is 2.01. The lowest BCUT2D eigenvalue weighted by molar-refractivity contribution is 0.439. The van der Waals surface area contributed by atoms with Crippen LogP contribution in [0.5, 0.6) is 0 Å². The zero-order chi connectivity index (χ0) is 12.5. The summed E-state index contributed by atoms with van der Waals surface area (Å²) in [5.74, 6) is 0.316. The van der Waals surface area contributed by atoms with Crippen molar-refractivity contribution in [2.24, 2.45) is 0 Å². The number of benzene rings is 1. The first-order valence-electron chi connectivity index (χ1n) is 5.57. The van der Waals surface area contributed by atoms with Gasteiger partial charge in [0.15, 0.2) is 0 Å². The zero-order valence-corrected chi connectivity index (χ0v) is 9.87. The average Bonchev–Trinajstić information content (AvgIpc) is 2.98. The van der Waals surface area contributed by atoms with Gasteiger partial charge in [0.2, 0.25) is 5.88 Å². The van der Waals surface area contributed by atoms with Crippen LogP contribution in [0.3, 0.4) is 0 Å². The molecule has 0 aliphatic rings. The van der Waals surface area contributed by atoms with Crippen LogP contribution in [0.15, 0.2) is 47.2 Å². The Balaban J connectivity index is 1.94. The molecule has 0 radical (unpaired) electrons. The highest BCUT2D eigenvalue weighted by Gasteiger charge is 2.04. The Kier molecular flexibility index (Phi) is 2.37. The van der Waals surface area contributed by atoms with E-state index in [1.165, 1.54) is 0 Å². The third-order valence-electron chi connectivity index (χ3n) is 2.67. The quantitative estimate of drug-likeness (QED) is 0.746. The average molecular weight is 240 g/mol. The van der Waals surface area contributed by atoms with Crippen LogP contribution in [-0.4, -0.2) is 14.9 Å². The molecule has 5 nitrogen and oxygen atoms in total. The minimum atomic E-state index is 0.316. The van der Waals surface area contributed by atoms with Gasteiger partial charge in [-0.25, -0.2) is 4.68 Å². The maximum Gasteiger partial charge on any atom is 0.222 e. The van der Waals surface area contributed by atoms with Gasteiger partial charge < -0.3 is 10.3 Å². The Hall–Kier alpha value is -2.56. The maximum absolute atomic E-state index is 5.50. The molecule has 90 valence electrons.